The number of hydrogen-bond donors (Lipinski definition) is 0. The van der Waals surface area contributed by atoms with Gasteiger partial charge in [-0.1, -0.05) is 11.6 Å². The summed E-state index contributed by atoms with van der Waals surface area (Å²) in [4.78, 5) is 13.1. The first kappa shape index (κ1) is 13.4. The van der Waals surface area contributed by atoms with Crippen LogP contribution in [0.4, 0.5) is 5.69 Å². The molecule has 4 heteroatoms. The molecule has 1 aliphatic rings. The minimum absolute atomic E-state index is 0.348. The van der Waals surface area contributed by atoms with Crippen LogP contribution >= 0.6 is 11.6 Å². The molecule has 0 amide bonds. The number of carbonyl (C=O) groups is 1. The summed E-state index contributed by atoms with van der Waals surface area (Å²) in [5.41, 5.74) is 1.62. The molecule has 1 aliphatic heterocycles. The third-order valence-electron chi connectivity index (χ3n) is 3.60. The Morgan fingerprint density at radius 1 is 1.50 bits per heavy atom. The van der Waals surface area contributed by atoms with E-state index in [4.69, 9.17) is 16.3 Å². The molecule has 0 radical (unpaired) electrons. The molecule has 1 saturated heterocycles. The number of piperidine rings is 1. The molecular formula is C14H18ClNO2. The van der Waals surface area contributed by atoms with Gasteiger partial charge in [-0.25, -0.2) is 0 Å². The van der Waals surface area contributed by atoms with Crippen LogP contribution in [0.15, 0.2) is 18.2 Å². The highest BCUT2D eigenvalue weighted by Gasteiger charge is 2.25. The Morgan fingerprint density at radius 3 is 2.83 bits per heavy atom. The van der Waals surface area contributed by atoms with Crippen LogP contribution in [0.25, 0.3) is 0 Å². The Bertz CT molecular complexity index is 436. The first-order valence-corrected chi connectivity index (χ1v) is 6.57. The lowest BCUT2D eigenvalue weighted by atomic mass is 9.99. The van der Waals surface area contributed by atoms with Crippen molar-refractivity contribution in [1.82, 2.24) is 0 Å². The minimum Gasteiger partial charge on any atom is -0.381 e. The third kappa shape index (κ3) is 2.68. The summed E-state index contributed by atoms with van der Waals surface area (Å²) in [7, 11) is 1.77. The highest BCUT2D eigenvalue weighted by molar-refractivity contribution is 6.33. The van der Waals surface area contributed by atoms with Crippen LogP contribution in [0.5, 0.6) is 0 Å². The van der Waals surface area contributed by atoms with Gasteiger partial charge >= 0.3 is 0 Å². The second-order valence-electron chi connectivity index (χ2n) is 4.75. The van der Waals surface area contributed by atoms with Crippen molar-refractivity contribution in [1.29, 1.82) is 0 Å². The van der Waals surface area contributed by atoms with E-state index in [0.717, 1.165) is 31.4 Å². The van der Waals surface area contributed by atoms with Gasteiger partial charge in [-0.05, 0) is 38.0 Å². The van der Waals surface area contributed by atoms with Gasteiger partial charge in [-0.15, -0.1) is 0 Å². The number of anilines is 1. The number of nitrogens with zero attached hydrogens (tertiary/aromatic N) is 1. The second-order valence-corrected chi connectivity index (χ2v) is 5.16. The smallest absolute Gasteiger partial charge is 0.151 e. The Morgan fingerprint density at radius 2 is 2.28 bits per heavy atom. The predicted molar refractivity (Wildman–Crippen MR) is 73.7 cm³/mol. The summed E-state index contributed by atoms with van der Waals surface area (Å²) < 4.78 is 5.41. The lowest BCUT2D eigenvalue weighted by Crippen LogP contribution is -2.43. The summed E-state index contributed by atoms with van der Waals surface area (Å²) in [6.07, 6.45) is 3.17. The molecule has 18 heavy (non-hydrogen) atoms. The largest absolute Gasteiger partial charge is 0.381 e. The highest BCUT2D eigenvalue weighted by atomic mass is 35.5. The van der Waals surface area contributed by atoms with Gasteiger partial charge in [-0.2, -0.15) is 0 Å². The topological polar surface area (TPSA) is 29.5 Å². The lowest BCUT2D eigenvalue weighted by molar-refractivity contribution is 0.0721. The SMILES string of the molecule is COC1CCN(c2ccc(C=O)c(Cl)c2)C(C)C1. The van der Waals surface area contributed by atoms with E-state index in [-0.39, 0.29) is 0 Å². The van der Waals surface area contributed by atoms with Gasteiger partial charge in [0.1, 0.15) is 0 Å². The molecule has 2 rings (SSSR count). The van der Waals surface area contributed by atoms with Crippen molar-refractivity contribution in [3.05, 3.63) is 28.8 Å². The van der Waals surface area contributed by atoms with Crippen LogP contribution < -0.4 is 4.90 Å². The molecule has 0 aromatic heterocycles. The maximum Gasteiger partial charge on any atom is 0.151 e. The second kappa shape index (κ2) is 5.72. The van der Waals surface area contributed by atoms with E-state index in [1.807, 2.05) is 12.1 Å². The molecule has 1 aromatic rings. The summed E-state index contributed by atoms with van der Waals surface area (Å²) >= 11 is 6.07. The van der Waals surface area contributed by atoms with Gasteiger partial charge < -0.3 is 9.64 Å². The summed E-state index contributed by atoms with van der Waals surface area (Å²) in [5.74, 6) is 0. The number of methoxy groups -OCH3 is 1. The number of rotatable bonds is 3. The van der Waals surface area contributed by atoms with Gasteiger partial charge in [0.05, 0.1) is 11.1 Å². The van der Waals surface area contributed by atoms with Gasteiger partial charge in [0.2, 0.25) is 0 Å². The zero-order chi connectivity index (χ0) is 13.1. The Hall–Kier alpha value is -1.06. The van der Waals surface area contributed by atoms with Gasteiger partial charge in [0.15, 0.2) is 6.29 Å². The predicted octanol–water partition coefficient (Wildman–Crippen LogP) is 3.16. The Labute approximate surface area is 113 Å². The van der Waals surface area contributed by atoms with E-state index in [1.165, 1.54) is 0 Å². The van der Waals surface area contributed by atoms with Gasteiger partial charge in [-0.3, -0.25) is 4.79 Å². The molecule has 2 atom stereocenters. The number of hydrogen-bond acceptors (Lipinski definition) is 3. The zero-order valence-corrected chi connectivity index (χ0v) is 11.5. The van der Waals surface area contributed by atoms with Crippen molar-refractivity contribution in [2.75, 3.05) is 18.6 Å². The van der Waals surface area contributed by atoms with E-state index in [1.54, 1.807) is 13.2 Å². The number of carbonyl (C=O) groups excluding carboxylic acids is 1. The first-order chi connectivity index (χ1) is 8.65. The van der Waals surface area contributed by atoms with Crippen molar-refractivity contribution in [2.45, 2.75) is 31.9 Å². The summed E-state index contributed by atoms with van der Waals surface area (Å²) in [6.45, 7) is 3.14. The fourth-order valence-corrected chi connectivity index (χ4v) is 2.74. The van der Waals surface area contributed by atoms with Crippen LogP contribution in [0.3, 0.4) is 0 Å². The fraction of sp³-hybridized carbons (Fsp3) is 0.500. The normalized spacial score (nSPS) is 24.1. The van der Waals surface area contributed by atoms with Crippen LogP contribution in [0, 0.1) is 0 Å². The Balaban J connectivity index is 2.17. The molecule has 1 fully saturated rings. The molecule has 2 unspecified atom stereocenters. The molecule has 98 valence electrons. The van der Waals surface area contributed by atoms with Crippen molar-refractivity contribution in [3.8, 4) is 0 Å². The summed E-state index contributed by atoms with van der Waals surface area (Å²) in [5, 5.41) is 0.517. The average Bonchev–Trinajstić information content (AvgIpc) is 2.38. The zero-order valence-electron chi connectivity index (χ0n) is 10.7. The van der Waals surface area contributed by atoms with Gasteiger partial charge in [0, 0.05) is 30.9 Å². The van der Waals surface area contributed by atoms with E-state index >= 15 is 0 Å². The minimum atomic E-state index is 0.348. The van der Waals surface area contributed by atoms with Crippen LogP contribution in [0.1, 0.15) is 30.1 Å². The number of aldehydes is 1. The van der Waals surface area contributed by atoms with Crippen molar-refractivity contribution < 1.29 is 9.53 Å². The van der Waals surface area contributed by atoms with Crippen LogP contribution in [-0.2, 0) is 4.74 Å². The summed E-state index contributed by atoms with van der Waals surface area (Å²) in [6, 6.07) is 6.02. The molecule has 3 nitrogen and oxygen atoms in total. The standard InChI is InChI=1S/C14H18ClNO2/c1-10-7-13(18-2)5-6-16(10)12-4-3-11(9-17)14(15)8-12/h3-4,8-10,13H,5-7H2,1-2H3. The quantitative estimate of drug-likeness (QED) is 0.788. The fourth-order valence-electron chi connectivity index (χ4n) is 2.52. The number of halogens is 1. The molecule has 0 spiro atoms. The number of benzene rings is 1. The van der Waals surface area contributed by atoms with Crippen molar-refractivity contribution in [3.63, 3.8) is 0 Å². The maximum absolute atomic E-state index is 10.7. The lowest BCUT2D eigenvalue weighted by Gasteiger charge is -2.38. The number of ether oxygens (including phenoxy) is 1. The molecule has 0 aliphatic carbocycles. The molecule has 0 saturated carbocycles. The van der Waals surface area contributed by atoms with E-state index < -0.39 is 0 Å². The van der Waals surface area contributed by atoms with E-state index in [0.29, 0.717) is 22.7 Å². The van der Waals surface area contributed by atoms with Crippen molar-refractivity contribution >= 4 is 23.6 Å². The first-order valence-electron chi connectivity index (χ1n) is 6.20. The monoisotopic (exact) mass is 267 g/mol. The van der Waals surface area contributed by atoms with E-state index in [9.17, 15) is 4.79 Å². The average molecular weight is 268 g/mol. The third-order valence-corrected chi connectivity index (χ3v) is 3.93. The Kier molecular flexibility index (Phi) is 4.25. The molecule has 0 bridgehead atoms. The molecular weight excluding hydrogens is 250 g/mol. The highest BCUT2D eigenvalue weighted by Crippen LogP contribution is 2.29. The van der Waals surface area contributed by atoms with Crippen LogP contribution in [-0.4, -0.2) is 32.1 Å². The molecule has 1 heterocycles. The van der Waals surface area contributed by atoms with Gasteiger partial charge in [0.25, 0.3) is 0 Å². The molecule has 1 aromatic carbocycles. The molecule has 0 N–H and O–H groups in total. The van der Waals surface area contributed by atoms with Crippen molar-refractivity contribution in [2.24, 2.45) is 0 Å². The maximum atomic E-state index is 10.7. The van der Waals surface area contributed by atoms with Crippen LogP contribution in [0.2, 0.25) is 5.02 Å². The van der Waals surface area contributed by atoms with E-state index in [2.05, 4.69) is 11.8 Å².